The van der Waals surface area contributed by atoms with Crippen LogP contribution < -0.4 is 0 Å². The minimum absolute atomic E-state index is 0.250. The van der Waals surface area contributed by atoms with Crippen LogP contribution in [-0.4, -0.2) is 13.5 Å². The molecule has 0 saturated carbocycles. The number of alkyl halides is 2. The van der Waals surface area contributed by atoms with Crippen LogP contribution in [0, 0.1) is 0 Å². The van der Waals surface area contributed by atoms with Gasteiger partial charge in [-0.15, -0.1) is 0 Å². The van der Waals surface area contributed by atoms with Crippen molar-refractivity contribution < 1.29 is 18.2 Å². The lowest BCUT2D eigenvalue weighted by molar-refractivity contribution is -0.167. The Bertz CT molecular complexity index is 17.7. The van der Waals surface area contributed by atoms with Gasteiger partial charge in [-0.1, -0.05) is 0 Å². The summed E-state index contributed by atoms with van der Waals surface area (Å²) in [6, 6.07) is 0. The summed E-state index contributed by atoms with van der Waals surface area (Å²) in [5.41, 5.74) is 0. The van der Waals surface area contributed by atoms with Gasteiger partial charge >= 0.3 is 0 Å². The van der Waals surface area contributed by atoms with Crippen molar-refractivity contribution in [1.82, 2.24) is 0 Å². The molecule has 0 amide bonds. The van der Waals surface area contributed by atoms with Crippen molar-refractivity contribution in [2.75, 3.05) is 13.5 Å². The third-order valence-corrected chi connectivity index (χ3v) is 0.0412. The van der Waals surface area contributed by atoms with E-state index in [0.717, 1.165) is 0 Å². The van der Waals surface area contributed by atoms with E-state index in [4.69, 9.17) is 0 Å². The van der Waals surface area contributed by atoms with Crippen molar-refractivity contribution in [3.05, 3.63) is 0 Å². The minimum Gasteiger partial charge on any atom is -0.251 e. The normalized spacial score (nSPS) is 6.86. The molecule has 0 aliphatic heterocycles. The van der Waals surface area contributed by atoms with E-state index in [1.165, 1.54) is 6.92 Å². The Morgan fingerprint density at radius 2 is 1.57 bits per heavy atom. The van der Waals surface area contributed by atoms with Gasteiger partial charge in [-0.3, -0.25) is 4.39 Å². The fourth-order valence-corrected chi connectivity index (χ4v) is 0. The molecule has 0 aromatic heterocycles. The zero-order chi connectivity index (χ0) is 6.12. The van der Waals surface area contributed by atoms with Gasteiger partial charge in [0.1, 0.15) is 0 Å². The second-order valence-electron chi connectivity index (χ2n) is 0.485. The molecule has 0 aliphatic rings. The molecular formula is C3H7F3O. The van der Waals surface area contributed by atoms with E-state index in [1.54, 1.807) is 0 Å². The fourth-order valence-electron chi connectivity index (χ4n) is 0. The lowest BCUT2D eigenvalue weighted by Gasteiger charge is -1.64. The van der Waals surface area contributed by atoms with E-state index in [2.05, 4.69) is 4.94 Å². The third kappa shape index (κ3) is 144. The van der Waals surface area contributed by atoms with Crippen molar-refractivity contribution >= 4 is 0 Å². The van der Waals surface area contributed by atoms with Crippen LogP contribution in [0.25, 0.3) is 0 Å². The highest BCUT2D eigenvalue weighted by Crippen LogP contribution is 1.67. The lowest BCUT2D eigenvalue weighted by Crippen LogP contribution is -1.63. The second-order valence-corrected chi connectivity index (χ2v) is 0.485. The zero-order valence-electron chi connectivity index (χ0n) is 3.96. The molecule has 1 nitrogen and oxygen atoms in total. The molecule has 0 fully saturated rings. The van der Waals surface area contributed by atoms with Gasteiger partial charge in [-0.25, -0.2) is 4.39 Å². The Balaban J connectivity index is 0. The highest BCUT2D eigenvalue weighted by atomic mass is 19.3. The van der Waals surface area contributed by atoms with Crippen LogP contribution in [0.4, 0.5) is 13.3 Å². The van der Waals surface area contributed by atoms with Crippen LogP contribution in [-0.2, 0) is 4.94 Å². The Morgan fingerprint density at radius 1 is 1.43 bits per heavy atom. The average Bonchev–Trinajstić information content (AvgIpc) is 1.69. The van der Waals surface area contributed by atoms with Crippen LogP contribution in [0.5, 0.6) is 0 Å². The molecule has 0 rings (SSSR count). The minimum atomic E-state index is -1.35. The number of rotatable bonds is 1. The van der Waals surface area contributed by atoms with Crippen LogP contribution in [0.1, 0.15) is 6.92 Å². The zero-order valence-corrected chi connectivity index (χ0v) is 3.96. The maximum atomic E-state index is 10.3. The molecule has 0 aliphatic carbocycles. The van der Waals surface area contributed by atoms with Gasteiger partial charge in [0.2, 0.25) is 6.86 Å². The van der Waals surface area contributed by atoms with Gasteiger partial charge in [-0.2, -0.15) is 4.94 Å². The predicted octanol–water partition coefficient (Wildman–Crippen LogP) is 1.79. The first-order valence-corrected chi connectivity index (χ1v) is 1.68. The van der Waals surface area contributed by atoms with Gasteiger partial charge < -0.3 is 0 Å². The summed E-state index contributed by atoms with van der Waals surface area (Å²) in [5, 5.41) is 0. The summed E-state index contributed by atoms with van der Waals surface area (Å²) < 4.78 is 30.3. The first-order chi connectivity index (χ1) is 3.33. The average molecular weight is 116 g/mol. The molecule has 0 N–H and O–H groups in total. The summed E-state index contributed by atoms with van der Waals surface area (Å²) in [4.78, 5) is 2.38. The standard InChI is InChI=1S/C2H5F.CH2F2O/c1-2-3;2-1-4-3/h2H2,1H3;1H2. The van der Waals surface area contributed by atoms with Crippen LogP contribution in [0.3, 0.4) is 0 Å². The largest absolute Gasteiger partial charge is 0.251 e. The summed E-state index contributed by atoms with van der Waals surface area (Å²) in [7, 11) is 0. The lowest BCUT2D eigenvalue weighted by atomic mass is 10.9. The summed E-state index contributed by atoms with van der Waals surface area (Å²) >= 11 is 0. The first kappa shape index (κ1) is 9.89. The third-order valence-electron chi connectivity index (χ3n) is 0.0412. The van der Waals surface area contributed by atoms with Gasteiger partial charge in [0.25, 0.3) is 0 Å². The van der Waals surface area contributed by atoms with Crippen LogP contribution in [0.15, 0.2) is 0 Å². The van der Waals surface area contributed by atoms with Crippen molar-refractivity contribution in [3.8, 4) is 0 Å². The Labute approximate surface area is 40.0 Å². The molecule has 0 atom stereocenters. The predicted molar refractivity (Wildman–Crippen MR) is 19.8 cm³/mol. The monoisotopic (exact) mass is 116 g/mol. The maximum Gasteiger partial charge on any atom is 0.227 e. The maximum absolute atomic E-state index is 10.3. The Hall–Kier alpha value is -0.250. The van der Waals surface area contributed by atoms with Crippen molar-refractivity contribution in [3.63, 3.8) is 0 Å². The summed E-state index contributed by atoms with van der Waals surface area (Å²) in [5.74, 6) is 0. The molecular weight excluding hydrogens is 109 g/mol. The number of hydrogen-bond acceptors (Lipinski definition) is 1. The molecule has 0 spiro atoms. The highest BCUT2D eigenvalue weighted by Gasteiger charge is 1.62. The van der Waals surface area contributed by atoms with E-state index in [1.807, 2.05) is 0 Å². The smallest absolute Gasteiger partial charge is 0.227 e. The molecule has 0 unspecified atom stereocenters. The topological polar surface area (TPSA) is 9.23 Å². The highest BCUT2D eigenvalue weighted by molar-refractivity contribution is 3.86. The molecule has 0 heterocycles. The van der Waals surface area contributed by atoms with Gasteiger partial charge in [0, 0.05) is 0 Å². The van der Waals surface area contributed by atoms with Gasteiger partial charge in [0.05, 0.1) is 6.67 Å². The molecule has 0 saturated heterocycles. The second kappa shape index (κ2) is 17.2. The Morgan fingerprint density at radius 3 is 1.57 bits per heavy atom. The molecule has 4 heteroatoms. The first-order valence-electron chi connectivity index (χ1n) is 1.68. The molecule has 0 radical (unpaired) electrons. The van der Waals surface area contributed by atoms with Crippen LogP contribution in [0.2, 0.25) is 0 Å². The summed E-state index contributed by atoms with van der Waals surface area (Å²) in [6.07, 6.45) is 0. The SMILES string of the molecule is CCF.FCOF. The molecule has 7 heavy (non-hydrogen) atoms. The van der Waals surface area contributed by atoms with E-state index >= 15 is 0 Å². The van der Waals surface area contributed by atoms with E-state index in [9.17, 15) is 13.3 Å². The number of halogens is 3. The molecule has 0 aromatic carbocycles. The molecule has 46 valence electrons. The van der Waals surface area contributed by atoms with Crippen LogP contribution >= 0.6 is 0 Å². The number of hydrogen-bond donors (Lipinski definition) is 0. The van der Waals surface area contributed by atoms with Crippen molar-refractivity contribution in [2.24, 2.45) is 0 Å². The quantitative estimate of drug-likeness (QED) is 0.507. The van der Waals surface area contributed by atoms with Crippen molar-refractivity contribution in [2.45, 2.75) is 6.92 Å². The summed E-state index contributed by atoms with van der Waals surface area (Å²) in [6.45, 7) is -0.139. The Kier molecular flexibility index (Phi) is 24.2. The van der Waals surface area contributed by atoms with Gasteiger partial charge in [-0.05, 0) is 11.4 Å². The fraction of sp³-hybridized carbons (Fsp3) is 1.00. The van der Waals surface area contributed by atoms with Gasteiger partial charge in [0.15, 0.2) is 0 Å². The van der Waals surface area contributed by atoms with E-state index in [-0.39, 0.29) is 6.67 Å². The molecule has 0 aromatic rings. The van der Waals surface area contributed by atoms with E-state index < -0.39 is 6.86 Å². The molecule has 0 bridgehead atoms. The van der Waals surface area contributed by atoms with Crippen molar-refractivity contribution in [1.29, 1.82) is 0 Å². The van der Waals surface area contributed by atoms with E-state index in [0.29, 0.717) is 0 Å².